The predicted molar refractivity (Wildman–Crippen MR) is 79.5 cm³/mol. The van der Waals surface area contributed by atoms with Gasteiger partial charge in [0, 0.05) is 23.7 Å². The van der Waals surface area contributed by atoms with Crippen LogP contribution in [-0.4, -0.2) is 28.1 Å². The van der Waals surface area contributed by atoms with E-state index >= 15 is 0 Å². The van der Waals surface area contributed by atoms with Crippen LogP contribution >= 0.6 is 0 Å². The number of benzene rings is 1. The molecule has 1 unspecified atom stereocenters. The number of pyridine rings is 1. The van der Waals surface area contributed by atoms with Crippen LogP contribution in [0.15, 0.2) is 36.5 Å². The van der Waals surface area contributed by atoms with Gasteiger partial charge in [0.25, 0.3) is 5.91 Å². The number of nitrogens with one attached hydrogen (secondary N) is 1. The molecule has 0 radical (unpaired) electrons. The zero-order valence-corrected chi connectivity index (χ0v) is 12.1. The van der Waals surface area contributed by atoms with Gasteiger partial charge in [-0.2, -0.15) is 0 Å². The zero-order valence-electron chi connectivity index (χ0n) is 12.1. The summed E-state index contributed by atoms with van der Waals surface area (Å²) in [6.07, 6.45) is 1.70. The average Bonchev–Trinajstić information content (AvgIpc) is 2.44. The summed E-state index contributed by atoms with van der Waals surface area (Å²) in [5.74, 6) is -0.124. The molecule has 1 aromatic heterocycles. The van der Waals surface area contributed by atoms with Crippen LogP contribution in [0.3, 0.4) is 0 Å². The number of carbonyl (C=O) groups is 1. The standard InChI is InChI=1S/C16H20N2O2/c1-11(2)16(3,20)10-18-15(19)13-6-4-8-14-12(13)7-5-9-17-14/h4-9,11,20H,10H2,1-3H3,(H,18,19). The van der Waals surface area contributed by atoms with Gasteiger partial charge in [0.2, 0.25) is 0 Å². The molecule has 106 valence electrons. The number of amides is 1. The Morgan fingerprint density at radius 3 is 2.80 bits per heavy atom. The maximum Gasteiger partial charge on any atom is 0.252 e. The van der Waals surface area contributed by atoms with E-state index in [-0.39, 0.29) is 18.4 Å². The minimum atomic E-state index is -0.918. The third-order valence-electron chi connectivity index (χ3n) is 3.74. The van der Waals surface area contributed by atoms with Gasteiger partial charge in [0.05, 0.1) is 11.1 Å². The van der Waals surface area contributed by atoms with Gasteiger partial charge in [0.1, 0.15) is 0 Å². The first kappa shape index (κ1) is 14.5. The summed E-state index contributed by atoms with van der Waals surface area (Å²) >= 11 is 0. The monoisotopic (exact) mass is 272 g/mol. The average molecular weight is 272 g/mol. The van der Waals surface area contributed by atoms with E-state index in [2.05, 4.69) is 10.3 Å². The first-order valence-electron chi connectivity index (χ1n) is 6.76. The zero-order chi connectivity index (χ0) is 14.8. The molecule has 0 bridgehead atoms. The van der Waals surface area contributed by atoms with Crippen LogP contribution in [0.25, 0.3) is 10.9 Å². The largest absolute Gasteiger partial charge is 0.388 e. The molecule has 0 saturated heterocycles. The van der Waals surface area contributed by atoms with Crippen LogP contribution in [0, 0.1) is 5.92 Å². The normalized spacial score (nSPS) is 14.2. The number of aliphatic hydroxyl groups is 1. The molecule has 2 rings (SSSR count). The van der Waals surface area contributed by atoms with E-state index < -0.39 is 5.60 Å². The topological polar surface area (TPSA) is 62.2 Å². The van der Waals surface area contributed by atoms with Gasteiger partial charge in [-0.25, -0.2) is 0 Å². The van der Waals surface area contributed by atoms with Gasteiger partial charge in [0.15, 0.2) is 0 Å². The van der Waals surface area contributed by atoms with Crippen molar-refractivity contribution in [2.75, 3.05) is 6.54 Å². The minimum absolute atomic E-state index is 0.0667. The second kappa shape index (κ2) is 5.59. The summed E-state index contributed by atoms with van der Waals surface area (Å²) in [5.41, 5.74) is 0.448. The highest BCUT2D eigenvalue weighted by atomic mass is 16.3. The highest BCUT2D eigenvalue weighted by Gasteiger charge is 2.25. The second-order valence-electron chi connectivity index (χ2n) is 5.57. The summed E-state index contributed by atoms with van der Waals surface area (Å²) in [5, 5.41) is 13.8. The molecule has 0 aliphatic rings. The van der Waals surface area contributed by atoms with Crippen molar-refractivity contribution >= 4 is 16.8 Å². The van der Waals surface area contributed by atoms with Gasteiger partial charge >= 0.3 is 0 Å². The number of fused-ring (bicyclic) bond motifs is 1. The first-order chi connectivity index (χ1) is 9.42. The molecule has 0 fully saturated rings. The molecule has 2 aromatic rings. The van der Waals surface area contributed by atoms with E-state index in [4.69, 9.17) is 0 Å². The Morgan fingerprint density at radius 2 is 2.10 bits per heavy atom. The lowest BCUT2D eigenvalue weighted by Crippen LogP contribution is -2.44. The Labute approximate surface area is 118 Å². The number of hydrogen-bond acceptors (Lipinski definition) is 3. The molecule has 1 aromatic carbocycles. The van der Waals surface area contributed by atoms with Gasteiger partial charge in [-0.15, -0.1) is 0 Å². The summed E-state index contributed by atoms with van der Waals surface area (Å²) < 4.78 is 0. The van der Waals surface area contributed by atoms with Gasteiger partial charge in [-0.1, -0.05) is 26.0 Å². The maximum atomic E-state index is 12.3. The number of hydrogen-bond donors (Lipinski definition) is 2. The Bertz CT molecular complexity index is 615. The first-order valence-corrected chi connectivity index (χ1v) is 6.76. The Morgan fingerprint density at radius 1 is 1.35 bits per heavy atom. The molecule has 1 atom stereocenters. The molecular formula is C16H20N2O2. The van der Waals surface area contributed by atoms with Gasteiger partial charge in [-0.05, 0) is 31.0 Å². The van der Waals surface area contributed by atoms with E-state index in [0.717, 1.165) is 10.9 Å². The molecule has 20 heavy (non-hydrogen) atoms. The molecular weight excluding hydrogens is 252 g/mol. The molecule has 1 amide bonds. The van der Waals surface area contributed by atoms with Crippen molar-refractivity contribution < 1.29 is 9.90 Å². The summed E-state index contributed by atoms with van der Waals surface area (Å²) in [6, 6.07) is 9.13. The smallest absolute Gasteiger partial charge is 0.252 e. The van der Waals surface area contributed by atoms with Crippen molar-refractivity contribution in [3.05, 3.63) is 42.1 Å². The third kappa shape index (κ3) is 2.96. The Kier molecular flexibility index (Phi) is 4.04. The SMILES string of the molecule is CC(C)C(C)(O)CNC(=O)c1cccc2ncccc12. The molecule has 1 heterocycles. The fraction of sp³-hybridized carbons (Fsp3) is 0.375. The molecule has 0 aliphatic carbocycles. The summed E-state index contributed by atoms with van der Waals surface area (Å²) in [6.45, 7) is 5.80. The van der Waals surface area contributed by atoms with Crippen molar-refractivity contribution in [2.24, 2.45) is 5.92 Å². The van der Waals surface area contributed by atoms with Crippen molar-refractivity contribution in [1.82, 2.24) is 10.3 Å². The van der Waals surface area contributed by atoms with Crippen LogP contribution in [0.2, 0.25) is 0 Å². The van der Waals surface area contributed by atoms with E-state index in [1.807, 2.05) is 38.1 Å². The van der Waals surface area contributed by atoms with Crippen LogP contribution in [-0.2, 0) is 0 Å². The molecule has 0 spiro atoms. The number of nitrogens with zero attached hydrogens (tertiary/aromatic N) is 1. The number of aromatic nitrogens is 1. The van der Waals surface area contributed by atoms with E-state index in [0.29, 0.717) is 5.56 Å². The number of carbonyl (C=O) groups excluding carboxylic acids is 1. The second-order valence-corrected chi connectivity index (χ2v) is 5.57. The highest BCUT2D eigenvalue weighted by molar-refractivity contribution is 6.06. The van der Waals surface area contributed by atoms with Gasteiger partial charge < -0.3 is 10.4 Å². The lowest BCUT2D eigenvalue weighted by atomic mass is 9.92. The van der Waals surface area contributed by atoms with Crippen molar-refractivity contribution in [3.8, 4) is 0 Å². The maximum absolute atomic E-state index is 12.3. The van der Waals surface area contributed by atoms with Crippen LogP contribution in [0.1, 0.15) is 31.1 Å². The molecule has 0 saturated carbocycles. The summed E-state index contributed by atoms with van der Waals surface area (Å²) in [4.78, 5) is 16.5. The lowest BCUT2D eigenvalue weighted by Gasteiger charge is -2.27. The number of rotatable bonds is 4. The fourth-order valence-corrected chi connectivity index (χ4v) is 1.86. The van der Waals surface area contributed by atoms with Crippen LogP contribution in [0.4, 0.5) is 0 Å². The van der Waals surface area contributed by atoms with Gasteiger partial charge in [-0.3, -0.25) is 9.78 Å². The summed E-state index contributed by atoms with van der Waals surface area (Å²) in [7, 11) is 0. The highest BCUT2D eigenvalue weighted by Crippen LogP contribution is 2.18. The third-order valence-corrected chi connectivity index (χ3v) is 3.74. The lowest BCUT2D eigenvalue weighted by molar-refractivity contribution is 0.0142. The van der Waals surface area contributed by atoms with Crippen LogP contribution in [0.5, 0.6) is 0 Å². The molecule has 4 nitrogen and oxygen atoms in total. The van der Waals surface area contributed by atoms with E-state index in [1.54, 1.807) is 19.2 Å². The predicted octanol–water partition coefficient (Wildman–Crippen LogP) is 2.37. The van der Waals surface area contributed by atoms with E-state index in [1.165, 1.54) is 0 Å². The minimum Gasteiger partial charge on any atom is -0.388 e. The van der Waals surface area contributed by atoms with Crippen LogP contribution < -0.4 is 5.32 Å². The molecule has 2 N–H and O–H groups in total. The fourth-order valence-electron chi connectivity index (χ4n) is 1.86. The quantitative estimate of drug-likeness (QED) is 0.898. The Balaban J connectivity index is 2.20. The molecule has 4 heteroatoms. The van der Waals surface area contributed by atoms with Crippen molar-refractivity contribution in [3.63, 3.8) is 0 Å². The Hall–Kier alpha value is -1.94. The van der Waals surface area contributed by atoms with Crippen molar-refractivity contribution in [2.45, 2.75) is 26.4 Å². The van der Waals surface area contributed by atoms with E-state index in [9.17, 15) is 9.90 Å². The molecule has 0 aliphatic heterocycles. The van der Waals surface area contributed by atoms with Crippen molar-refractivity contribution in [1.29, 1.82) is 0 Å².